The molecule has 0 saturated heterocycles. The lowest BCUT2D eigenvalue weighted by Gasteiger charge is -2.28. The van der Waals surface area contributed by atoms with Crippen molar-refractivity contribution in [2.24, 2.45) is 0 Å². The minimum atomic E-state index is -0.512. The number of nitrogens with zero attached hydrogens (tertiary/aromatic N) is 1. The van der Waals surface area contributed by atoms with E-state index in [1.54, 1.807) is 6.92 Å². The van der Waals surface area contributed by atoms with Crippen LogP contribution in [0.2, 0.25) is 0 Å². The number of urea groups is 1. The Morgan fingerprint density at radius 3 is 2.38 bits per heavy atom. The van der Waals surface area contributed by atoms with Crippen LogP contribution in [0, 0.1) is 0 Å². The molecule has 6 nitrogen and oxygen atoms in total. The fourth-order valence-corrected chi connectivity index (χ4v) is 2.29. The molecule has 0 radical (unpaired) electrons. The SMILES string of the molecule is COC(=O)C1=C(C)NC(=O)N[C@H]1c1ccc(N(C)C)cc1. The number of methoxy groups -OCH3 is 1. The Kier molecular flexibility index (Phi) is 4.16. The molecule has 2 amide bonds. The number of carbonyl (C=O) groups excluding carboxylic acids is 2. The molecule has 21 heavy (non-hydrogen) atoms. The van der Waals surface area contributed by atoms with Gasteiger partial charge in [-0.05, 0) is 24.6 Å². The minimum Gasteiger partial charge on any atom is -0.466 e. The van der Waals surface area contributed by atoms with Gasteiger partial charge in [0, 0.05) is 25.5 Å². The summed E-state index contributed by atoms with van der Waals surface area (Å²) in [5, 5.41) is 5.35. The number of anilines is 1. The molecular formula is C15H19N3O3. The predicted molar refractivity (Wildman–Crippen MR) is 79.9 cm³/mol. The van der Waals surface area contributed by atoms with Crippen molar-refractivity contribution in [3.05, 3.63) is 41.1 Å². The van der Waals surface area contributed by atoms with Crippen LogP contribution in [-0.2, 0) is 9.53 Å². The number of benzene rings is 1. The summed E-state index contributed by atoms with van der Waals surface area (Å²) in [6.45, 7) is 1.69. The Bertz CT molecular complexity index is 591. The highest BCUT2D eigenvalue weighted by Crippen LogP contribution is 2.28. The summed E-state index contributed by atoms with van der Waals surface area (Å²) in [6, 6.07) is 6.81. The highest BCUT2D eigenvalue weighted by atomic mass is 16.5. The fraction of sp³-hybridized carbons (Fsp3) is 0.333. The van der Waals surface area contributed by atoms with Crippen molar-refractivity contribution in [2.75, 3.05) is 26.1 Å². The topological polar surface area (TPSA) is 70.7 Å². The second kappa shape index (κ2) is 5.87. The summed E-state index contributed by atoms with van der Waals surface area (Å²) in [5.74, 6) is -0.457. The monoisotopic (exact) mass is 289 g/mol. The summed E-state index contributed by atoms with van der Waals surface area (Å²) in [4.78, 5) is 25.6. The Hall–Kier alpha value is -2.50. The molecule has 2 N–H and O–H groups in total. The van der Waals surface area contributed by atoms with Gasteiger partial charge in [0.2, 0.25) is 0 Å². The zero-order valence-electron chi connectivity index (χ0n) is 12.6. The molecule has 0 bridgehead atoms. The molecule has 1 atom stereocenters. The lowest BCUT2D eigenvalue weighted by Crippen LogP contribution is -2.45. The number of esters is 1. The average Bonchev–Trinajstić information content (AvgIpc) is 2.45. The van der Waals surface area contributed by atoms with E-state index in [-0.39, 0.29) is 6.03 Å². The smallest absolute Gasteiger partial charge is 0.337 e. The number of nitrogens with one attached hydrogen (secondary N) is 2. The lowest BCUT2D eigenvalue weighted by atomic mass is 9.95. The van der Waals surface area contributed by atoms with E-state index in [1.165, 1.54) is 7.11 Å². The molecule has 1 aliphatic rings. The van der Waals surface area contributed by atoms with Gasteiger partial charge in [-0.3, -0.25) is 0 Å². The predicted octanol–water partition coefficient (Wildman–Crippen LogP) is 1.55. The van der Waals surface area contributed by atoms with Crippen LogP contribution in [0.5, 0.6) is 0 Å². The van der Waals surface area contributed by atoms with Crippen LogP contribution in [0.25, 0.3) is 0 Å². The van der Waals surface area contributed by atoms with Gasteiger partial charge < -0.3 is 20.3 Å². The molecule has 6 heteroatoms. The maximum atomic E-state index is 12.0. The molecule has 1 heterocycles. The highest BCUT2D eigenvalue weighted by Gasteiger charge is 2.31. The molecule has 1 aromatic rings. The zero-order valence-corrected chi connectivity index (χ0v) is 12.6. The van der Waals surface area contributed by atoms with Crippen LogP contribution in [0.4, 0.5) is 10.5 Å². The summed E-state index contributed by atoms with van der Waals surface area (Å²) < 4.78 is 4.81. The van der Waals surface area contributed by atoms with E-state index in [9.17, 15) is 9.59 Å². The normalized spacial score (nSPS) is 17.9. The van der Waals surface area contributed by atoms with E-state index in [1.807, 2.05) is 43.3 Å². The van der Waals surface area contributed by atoms with E-state index in [0.717, 1.165) is 11.3 Å². The first-order chi connectivity index (χ1) is 9.93. The van der Waals surface area contributed by atoms with E-state index in [4.69, 9.17) is 4.74 Å². The lowest BCUT2D eigenvalue weighted by molar-refractivity contribution is -0.136. The van der Waals surface area contributed by atoms with Gasteiger partial charge in [-0.1, -0.05) is 12.1 Å². The second-order valence-corrected chi connectivity index (χ2v) is 5.05. The summed E-state index contributed by atoms with van der Waals surface area (Å²) >= 11 is 0. The number of hydrogen-bond acceptors (Lipinski definition) is 4. The Morgan fingerprint density at radius 2 is 1.86 bits per heavy atom. The van der Waals surface area contributed by atoms with Crippen LogP contribution >= 0.6 is 0 Å². The van der Waals surface area contributed by atoms with Gasteiger partial charge in [-0.25, -0.2) is 9.59 Å². The van der Waals surface area contributed by atoms with E-state index >= 15 is 0 Å². The van der Waals surface area contributed by atoms with Crippen LogP contribution in [0.15, 0.2) is 35.5 Å². The molecule has 0 unspecified atom stereocenters. The average molecular weight is 289 g/mol. The first-order valence-electron chi connectivity index (χ1n) is 6.58. The molecule has 0 aliphatic carbocycles. The van der Waals surface area contributed by atoms with Crippen molar-refractivity contribution in [3.63, 3.8) is 0 Å². The summed E-state index contributed by atoms with van der Waals surface area (Å²) in [6.07, 6.45) is 0. The van der Waals surface area contributed by atoms with Crippen molar-refractivity contribution in [1.82, 2.24) is 10.6 Å². The van der Waals surface area contributed by atoms with E-state index < -0.39 is 12.0 Å². The van der Waals surface area contributed by atoms with Crippen LogP contribution in [-0.4, -0.2) is 33.2 Å². The molecule has 1 aromatic carbocycles. The van der Waals surface area contributed by atoms with Gasteiger partial charge in [0.25, 0.3) is 0 Å². The van der Waals surface area contributed by atoms with Crippen molar-refractivity contribution in [3.8, 4) is 0 Å². The van der Waals surface area contributed by atoms with Crippen LogP contribution in [0.1, 0.15) is 18.5 Å². The summed E-state index contributed by atoms with van der Waals surface area (Å²) in [7, 11) is 5.22. The number of ether oxygens (including phenoxy) is 1. The second-order valence-electron chi connectivity index (χ2n) is 5.05. The molecular weight excluding hydrogens is 270 g/mol. The Balaban J connectivity index is 2.41. The van der Waals surface area contributed by atoms with Gasteiger partial charge in [0.05, 0.1) is 18.7 Å². The van der Waals surface area contributed by atoms with Crippen LogP contribution < -0.4 is 15.5 Å². The highest BCUT2D eigenvalue weighted by molar-refractivity contribution is 5.94. The molecule has 0 spiro atoms. The third-order valence-electron chi connectivity index (χ3n) is 3.42. The largest absolute Gasteiger partial charge is 0.466 e. The first-order valence-corrected chi connectivity index (χ1v) is 6.58. The van der Waals surface area contributed by atoms with Crippen molar-refractivity contribution < 1.29 is 14.3 Å². The summed E-state index contributed by atoms with van der Waals surface area (Å²) in [5.41, 5.74) is 2.79. The van der Waals surface area contributed by atoms with Crippen molar-refractivity contribution in [1.29, 1.82) is 0 Å². The number of carbonyl (C=O) groups is 2. The molecule has 1 aliphatic heterocycles. The van der Waals surface area contributed by atoms with E-state index in [2.05, 4.69) is 10.6 Å². The minimum absolute atomic E-state index is 0.332. The fourth-order valence-electron chi connectivity index (χ4n) is 2.29. The van der Waals surface area contributed by atoms with Gasteiger partial charge in [-0.15, -0.1) is 0 Å². The van der Waals surface area contributed by atoms with Gasteiger partial charge in [0.1, 0.15) is 0 Å². The maximum absolute atomic E-state index is 12.0. The number of hydrogen-bond donors (Lipinski definition) is 2. The van der Waals surface area contributed by atoms with Crippen molar-refractivity contribution >= 4 is 17.7 Å². The number of allylic oxidation sites excluding steroid dienone is 1. The molecule has 112 valence electrons. The van der Waals surface area contributed by atoms with Gasteiger partial charge >= 0.3 is 12.0 Å². The molecule has 0 fully saturated rings. The van der Waals surface area contributed by atoms with Crippen LogP contribution in [0.3, 0.4) is 0 Å². The quantitative estimate of drug-likeness (QED) is 0.828. The maximum Gasteiger partial charge on any atom is 0.337 e. The first kappa shape index (κ1) is 14.9. The standard InChI is InChI=1S/C15H19N3O3/c1-9-12(14(19)21-4)13(17-15(20)16-9)10-5-7-11(8-6-10)18(2)3/h5-8,13H,1-4H3,(H2,16,17,20)/t13-/m0/s1. The number of amides is 2. The van der Waals surface area contributed by atoms with Crippen molar-refractivity contribution in [2.45, 2.75) is 13.0 Å². The van der Waals surface area contributed by atoms with Gasteiger partial charge in [-0.2, -0.15) is 0 Å². The van der Waals surface area contributed by atoms with Gasteiger partial charge in [0.15, 0.2) is 0 Å². The zero-order chi connectivity index (χ0) is 15.6. The van der Waals surface area contributed by atoms with E-state index in [0.29, 0.717) is 11.3 Å². The Labute approximate surface area is 123 Å². The number of rotatable bonds is 3. The molecule has 2 rings (SSSR count). The molecule has 0 aromatic heterocycles. The third kappa shape index (κ3) is 2.99. The molecule has 0 saturated carbocycles. The Morgan fingerprint density at radius 1 is 1.24 bits per heavy atom. The third-order valence-corrected chi connectivity index (χ3v) is 3.42.